The molecule has 3 saturated heterocycles. The summed E-state index contributed by atoms with van der Waals surface area (Å²) in [4.78, 5) is 2.24. The lowest BCUT2D eigenvalue weighted by atomic mass is 10.0. The molecule has 2 unspecified atom stereocenters. The summed E-state index contributed by atoms with van der Waals surface area (Å²) in [5.74, 6) is 2.32. The largest absolute Gasteiger partial charge is 0.379 e. The maximum absolute atomic E-state index is 12.9. The summed E-state index contributed by atoms with van der Waals surface area (Å²) in [7, 11) is -3.38. The van der Waals surface area contributed by atoms with Crippen LogP contribution in [0, 0.1) is 18.8 Å². The van der Waals surface area contributed by atoms with Crippen molar-refractivity contribution in [2.24, 2.45) is 11.8 Å². The van der Waals surface area contributed by atoms with Crippen LogP contribution in [0.2, 0.25) is 0 Å². The molecule has 3 aliphatic heterocycles. The minimum Gasteiger partial charge on any atom is -0.379 e. The Bertz CT molecular complexity index is 942. The molecule has 0 N–H and O–H groups in total. The van der Waals surface area contributed by atoms with Crippen molar-refractivity contribution in [2.45, 2.75) is 6.92 Å². The summed E-state index contributed by atoms with van der Waals surface area (Å²) in [5, 5.41) is 12.8. The minimum atomic E-state index is -3.38. The van der Waals surface area contributed by atoms with Crippen molar-refractivity contribution in [3.05, 3.63) is 18.0 Å². The number of anilines is 1. The molecule has 11 heteroatoms. The van der Waals surface area contributed by atoms with E-state index in [1.54, 1.807) is 13.1 Å². The third-order valence-electron chi connectivity index (χ3n) is 5.80. The molecule has 5 heterocycles. The Morgan fingerprint density at radius 1 is 1.00 bits per heavy atom. The first kappa shape index (κ1) is 17.3. The number of aromatic nitrogens is 4. The molecule has 0 bridgehead atoms. The summed E-state index contributed by atoms with van der Waals surface area (Å²) in [6.45, 7) is 6.52. The third kappa shape index (κ3) is 2.89. The highest BCUT2D eigenvalue weighted by Gasteiger charge is 2.46. The normalized spacial score (nSPS) is 27.5. The summed E-state index contributed by atoms with van der Waals surface area (Å²) in [6.07, 6.45) is 0. The van der Waals surface area contributed by atoms with Crippen LogP contribution in [0.15, 0.2) is 12.1 Å². The van der Waals surface area contributed by atoms with E-state index in [9.17, 15) is 8.42 Å². The molecule has 2 aromatic rings. The maximum atomic E-state index is 12.9. The average Bonchev–Trinajstić information content (AvgIpc) is 3.36. The molecule has 0 saturated carbocycles. The van der Waals surface area contributed by atoms with Gasteiger partial charge in [0, 0.05) is 39.3 Å². The molecule has 0 radical (unpaired) electrons. The zero-order valence-corrected chi connectivity index (χ0v) is 16.0. The van der Waals surface area contributed by atoms with E-state index in [4.69, 9.17) is 4.74 Å². The van der Waals surface area contributed by atoms with Crippen LogP contribution in [0.5, 0.6) is 0 Å². The van der Waals surface area contributed by atoms with Gasteiger partial charge in [0.25, 0.3) is 10.2 Å². The standard InChI is InChI=1S/C16H23N7O3S/c1-12-17-18-15-2-3-16(19-23(12)15)20-8-13-10-22(11-14(13)9-20)27(24,25)21-4-6-26-7-5-21/h2-3,13-14H,4-11H2,1H3. The molecular weight excluding hydrogens is 370 g/mol. The van der Waals surface area contributed by atoms with Crippen LogP contribution in [0.25, 0.3) is 5.65 Å². The third-order valence-corrected chi connectivity index (χ3v) is 7.77. The van der Waals surface area contributed by atoms with E-state index in [1.807, 2.05) is 19.1 Å². The monoisotopic (exact) mass is 393 g/mol. The second kappa shape index (κ2) is 6.36. The van der Waals surface area contributed by atoms with Crippen molar-refractivity contribution in [1.82, 2.24) is 28.4 Å². The fraction of sp³-hybridized carbons (Fsp3) is 0.688. The van der Waals surface area contributed by atoms with Gasteiger partial charge in [0.2, 0.25) is 0 Å². The van der Waals surface area contributed by atoms with Gasteiger partial charge in [-0.05, 0) is 30.9 Å². The molecule has 3 fully saturated rings. The first-order chi connectivity index (χ1) is 13.0. The number of ether oxygens (including phenoxy) is 1. The van der Waals surface area contributed by atoms with Crippen LogP contribution in [0.4, 0.5) is 5.82 Å². The zero-order valence-electron chi connectivity index (χ0n) is 15.2. The van der Waals surface area contributed by atoms with Gasteiger partial charge in [0.15, 0.2) is 11.5 Å². The lowest BCUT2D eigenvalue weighted by Gasteiger charge is -2.30. The quantitative estimate of drug-likeness (QED) is 0.686. The summed E-state index contributed by atoms with van der Waals surface area (Å²) < 4.78 is 36.0. The van der Waals surface area contributed by atoms with Gasteiger partial charge in [-0.25, -0.2) is 0 Å². The average molecular weight is 393 g/mol. The molecular formula is C16H23N7O3S. The lowest BCUT2D eigenvalue weighted by molar-refractivity contribution is 0.0705. The molecule has 3 aliphatic rings. The Kier molecular flexibility index (Phi) is 4.08. The van der Waals surface area contributed by atoms with E-state index in [2.05, 4.69) is 20.2 Å². The van der Waals surface area contributed by atoms with Gasteiger partial charge >= 0.3 is 0 Å². The minimum absolute atomic E-state index is 0.334. The van der Waals surface area contributed by atoms with Crippen LogP contribution in [0.1, 0.15) is 5.82 Å². The number of hydrogen-bond donors (Lipinski definition) is 0. The second-order valence-electron chi connectivity index (χ2n) is 7.47. The van der Waals surface area contributed by atoms with Gasteiger partial charge < -0.3 is 9.64 Å². The number of aryl methyl sites for hydroxylation is 1. The summed E-state index contributed by atoms with van der Waals surface area (Å²) in [6, 6.07) is 3.89. The molecule has 2 atom stereocenters. The van der Waals surface area contributed by atoms with Crippen LogP contribution in [-0.2, 0) is 14.9 Å². The molecule has 2 aromatic heterocycles. The SMILES string of the molecule is Cc1nnc2ccc(N3CC4CN(S(=O)(=O)N5CCOCC5)CC4C3)nn12. The van der Waals surface area contributed by atoms with E-state index >= 15 is 0 Å². The van der Waals surface area contributed by atoms with Gasteiger partial charge in [-0.2, -0.15) is 21.5 Å². The smallest absolute Gasteiger partial charge is 0.282 e. The van der Waals surface area contributed by atoms with E-state index < -0.39 is 10.2 Å². The van der Waals surface area contributed by atoms with E-state index in [-0.39, 0.29) is 0 Å². The van der Waals surface area contributed by atoms with Crippen molar-refractivity contribution in [3.8, 4) is 0 Å². The van der Waals surface area contributed by atoms with Gasteiger partial charge in [-0.1, -0.05) is 0 Å². The fourth-order valence-corrected chi connectivity index (χ4v) is 6.02. The number of rotatable bonds is 3. The van der Waals surface area contributed by atoms with Gasteiger partial charge in [0.1, 0.15) is 5.82 Å². The number of fused-ring (bicyclic) bond motifs is 2. The zero-order chi connectivity index (χ0) is 18.6. The van der Waals surface area contributed by atoms with Crippen molar-refractivity contribution in [3.63, 3.8) is 0 Å². The molecule has 146 valence electrons. The molecule has 27 heavy (non-hydrogen) atoms. The van der Waals surface area contributed by atoms with Crippen LogP contribution in [-0.4, -0.2) is 89.3 Å². The topological polar surface area (TPSA) is 96.2 Å². The van der Waals surface area contributed by atoms with Crippen LogP contribution < -0.4 is 4.90 Å². The molecule has 10 nitrogen and oxygen atoms in total. The highest BCUT2D eigenvalue weighted by molar-refractivity contribution is 7.86. The molecule has 0 aromatic carbocycles. The van der Waals surface area contributed by atoms with Gasteiger partial charge in [-0.3, -0.25) is 0 Å². The van der Waals surface area contributed by atoms with Crippen LogP contribution in [0.3, 0.4) is 0 Å². The Morgan fingerprint density at radius 3 is 2.41 bits per heavy atom. The van der Waals surface area contributed by atoms with Crippen molar-refractivity contribution in [2.75, 3.05) is 57.4 Å². The first-order valence-corrected chi connectivity index (χ1v) is 10.7. The number of hydrogen-bond acceptors (Lipinski definition) is 7. The highest BCUT2D eigenvalue weighted by atomic mass is 32.2. The van der Waals surface area contributed by atoms with E-state index in [1.165, 1.54) is 0 Å². The lowest BCUT2D eigenvalue weighted by Crippen LogP contribution is -2.48. The van der Waals surface area contributed by atoms with E-state index in [0.29, 0.717) is 51.2 Å². The molecule has 5 rings (SSSR count). The number of nitrogens with zero attached hydrogens (tertiary/aromatic N) is 7. The van der Waals surface area contributed by atoms with Crippen molar-refractivity contribution < 1.29 is 13.2 Å². The Hall–Kier alpha value is -1.82. The van der Waals surface area contributed by atoms with Gasteiger partial charge in [-0.15, -0.1) is 15.3 Å². The van der Waals surface area contributed by atoms with E-state index in [0.717, 1.165) is 30.4 Å². The maximum Gasteiger partial charge on any atom is 0.282 e. The summed E-state index contributed by atoms with van der Waals surface area (Å²) >= 11 is 0. The predicted molar refractivity (Wildman–Crippen MR) is 97.6 cm³/mol. The van der Waals surface area contributed by atoms with Crippen LogP contribution >= 0.6 is 0 Å². The molecule has 0 spiro atoms. The Balaban J connectivity index is 1.29. The number of morpholine rings is 1. The predicted octanol–water partition coefficient (Wildman–Crippen LogP) is -0.622. The second-order valence-corrected chi connectivity index (χ2v) is 9.40. The first-order valence-electron chi connectivity index (χ1n) is 9.29. The Morgan fingerprint density at radius 2 is 1.70 bits per heavy atom. The summed E-state index contributed by atoms with van der Waals surface area (Å²) in [5.41, 5.74) is 0.735. The van der Waals surface area contributed by atoms with Gasteiger partial charge in [0.05, 0.1) is 13.2 Å². The highest BCUT2D eigenvalue weighted by Crippen LogP contribution is 2.35. The molecule has 0 aliphatic carbocycles. The fourth-order valence-electron chi connectivity index (χ4n) is 4.32. The molecule has 0 amide bonds. The Labute approximate surface area is 157 Å². The van der Waals surface area contributed by atoms with Crippen molar-refractivity contribution in [1.29, 1.82) is 0 Å². The van der Waals surface area contributed by atoms with Crippen molar-refractivity contribution >= 4 is 21.7 Å².